The average molecular weight is 443 g/mol. The molecule has 0 aromatic heterocycles. The largest absolute Gasteiger partial charge is 0.426 e. The van der Waals surface area contributed by atoms with Crippen molar-refractivity contribution < 1.29 is 9.53 Å². The van der Waals surface area contributed by atoms with Gasteiger partial charge in [-0.2, -0.15) is 0 Å². The third kappa shape index (κ3) is 8.26. The first-order valence-corrected chi connectivity index (χ1v) is 12.9. The summed E-state index contributed by atoms with van der Waals surface area (Å²) in [6.07, 6.45) is 12.5. The van der Waals surface area contributed by atoms with Gasteiger partial charge in [0.15, 0.2) is 0 Å². The lowest BCUT2D eigenvalue weighted by Gasteiger charge is -2.26. The van der Waals surface area contributed by atoms with Crippen molar-refractivity contribution in [3.05, 3.63) is 28.3 Å². The van der Waals surface area contributed by atoms with Crippen LogP contribution < -0.4 is 10.1 Å². The fourth-order valence-corrected chi connectivity index (χ4v) is 4.44. The summed E-state index contributed by atoms with van der Waals surface area (Å²) in [4.78, 5) is 17.3. The molecule has 2 rings (SSSR count). The summed E-state index contributed by atoms with van der Waals surface area (Å²) in [6.45, 7) is 14.8. The Bertz CT molecular complexity index is 775. The van der Waals surface area contributed by atoms with Crippen molar-refractivity contribution in [2.24, 2.45) is 4.99 Å². The molecule has 0 spiro atoms. The van der Waals surface area contributed by atoms with Gasteiger partial charge in [0.25, 0.3) is 0 Å². The Morgan fingerprint density at radius 2 is 1.66 bits per heavy atom. The minimum Gasteiger partial charge on any atom is -0.426 e. The van der Waals surface area contributed by atoms with E-state index >= 15 is 0 Å². The van der Waals surface area contributed by atoms with Gasteiger partial charge in [-0.25, -0.2) is 0 Å². The van der Waals surface area contributed by atoms with E-state index < -0.39 is 0 Å². The van der Waals surface area contributed by atoms with Gasteiger partial charge in [-0.15, -0.1) is 0 Å². The Morgan fingerprint density at radius 1 is 1.03 bits per heavy atom. The van der Waals surface area contributed by atoms with Gasteiger partial charge in [-0.05, 0) is 42.4 Å². The van der Waals surface area contributed by atoms with Crippen LogP contribution in [0.5, 0.6) is 5.75 Å². The first-order valence-electron chi connectivity index (χ1n) is 12.9. The quantitative estimate of drug-likeness (QED) is 0.204. The van der Waals surface area contributed by atoms with Gasteiger partial charge in [0.2, 0.25) is 0 Å². The number of benzene rings is 1. The molecule has 0 saturated carbocycles. The zero-order valence-corrected chi connectivity index (χ0v) is 21.5. The van der Waals surface area contributed by atoms with E-state index in [0.717, 1.165) is 55.1 Å². The lowest BCUT2D eigenvalue weighted by atomic mass is 9.82. The van der Waals surface area contributed by atoms with E-state index in [1.165, 1.54) is 56.1 Å². The van der Waals surface area contributed by atoms with E-state index in [2.05, 4.69) is 57.9 Å². The fourth-order valence-electron chi connectivity index (χ4n) is 4.44. The fraction of sp³-hybridized carbons (Fsp3) is 0.714. The average Bonchev–Trinajstić information content (AvgIpc) is 3.24. The molecule has 4 heteroatoms. The molecule has 1 aliphatic heterocycles. The highest BCUT2D eigenvalue weighted by Gasteiger charge is 2.25. The van der Waals surface area contributed by atoms with Crippen molar-refractivity contribution in [1.82, 2.24) is 5.32 Å². The van der Waals surface area contributed by atoms with Gasteiger partial charge in [-0.3, -0.25) is 9.79 Å². The molecule has 0 atom stereocenters. The van der Waals surface area contributed by atoms with Crippen molar-refractivity contribution in [3.8, 4) is 5.75 Å². The van der Waals surface area contributed by atoms with Crippen molar-refractivity contribution in [2.45, 2.75) is 118 Å². The number of carbonyl (C=O) groups is 1. The SMILES string of the molecule is CCCCCCCCCCCC(=O)Oc1c(C(C)(C)C)cc(C)c(CC2=NCCN2)c1C. The van der Waals surface area contributed by atoms with Crippen LogP contribution in [-0.2, 0) is 16.6 Å². The topological polar surface area (TPSA) is 50.7 Å². The normalized spacial score (nSPS) is 13.8. The predicted octanol–water partition coefficient (Wildman–Crippen LogP) is 6.97. The van der Waals surface area contributed by atoms with Gasteiger partial charge >= 0.3 is 5.97 Å². The third-order valence-corrected chi connectivity index (χ3v) is 6.47. The molecule has 0 amide bonds. The molecule has 0 unspecified atom stereocenters. The monoisotopic (exact) mass is 442 g/mol. The number of unbranched alkanes of at least 4 members (excludes halogenated alkanes) is 8. The van der Waals surface area contributed by atoms with Crippen LogP contribution in [-0.4, -0.2) is 24.9 Å². The maximum absolute atomic E-state index is 12.7. The van der Waals surface area contributed by atoms with Gasteiger partial charge in [0.05, 0.1) is 6.54 Å². The van der Waals surface area contributed by atoms with Gasteiger partial charge in [0.1, 0.15) is 11.6 Å². The second kappa shape index (κ2) is 13.0. The van der Waals surface area contributed by atoms with Crippen LogP contribution in [0.2, 0.25) is 0 Å². The molecule has 0 fully saturated rings. The van der Waals surface area contributed by atoms with Gasteiger partial charge < -0.3 is 10.1 Å². The van der Waals surface area contributed by atoms with Crippen LogP contribution in [0.15, 0.2) is 11.1 Å². The zero-order valence-electron chi connectivity index (χ0n) is 21.5. The molecule has 1 heterocycles. The van der Waals surface area contributed by atoms with Gasteiger partial charge in [-0.1, -0.05) is 85.1 Å². The summed E-state index contributed by atoms with van der Waals surface area (Å²) >= 11 is 0. The number of ether oxygens (including phenoxy) is 1. The van der Waals surface area contributed by atoms with E-state index in [0.29, 0.717) is 6.42 Å². The molecule has 1 aromatic carbocycles. The van der Waals surface area contributed by atoms with Crippen molar-refractivity contribution >= 4 is 11.8 Å². The van der Waals surface area contributed by atoms with E-state index in [1.807, 2.05) is 0 Å². The second-order valence-electron chi connectivity index (χ2n) is 10.4. The summed E-state index contributed by atoms with van der Waals surface area (Å²) in [5.74, 6) is 1.69. The van der Waals surface area contributed by atoms with Crippen LogP contribution in [0.1, 0.15) is 114 Å². The smallest absolute Gasteiger partial charge is 0.311 e. The van der Waals surface area contributed by atoms with Crippen LogP contribution in [0.4, 0.5) is 0 Å². The van der Waals surface area contributed by atoms with E-state index in [9.17, 15) is 4.79 Å². The second-order valence-corrected chi connectivity index (χ2v) is 10.4. The Labute approximate surface area is 196 Å². The van der Waals surface area contributed by atoms with Crippen molar-refractivity contribution in [3.63, 3.8) is 0 Å². The number of amidine groups is 1. The summed E-state index contributed by atoms with van der Waals surface area (Å²) in [5, 5.41) is 3.37. The number of aryl methyl sites for hydroxylation is 1. The van der Waals surface area contributed by atoms with Crippen LogP contribution in [0.3, 0.4) is 0 Å². The molecule has 180 valence electrons. The molecule has 4 nitrogen and oxygen atoms in total. The molecule has 1 aromatic rings. The standard InChI is InChI=1S/C28H46N2O2/c1-7-8-9-10-11-12-13-14-15-16-26(31)32-27-22(3)23(20-25-29-17-18-30-25)21(2)19-24(27)28(4,5)6/h19H,7-18,20H2,1-6H3,(H,29,30). The van der Waals surface area contributed by atoms with Crippen molar-refractivity contribution in [1.29, 1.82) is 0 Å². The third-order valence-electron chi connectivity index (χ3n) is 6.47. The maximum Gasteiger partial charge on any atom is 0.311 e. The molecule has 1 N–H and O–H groups in total. The minimum absolute atomic E-state index is 0.0927. The van der Waals surface area contributed by atoms with Crippen LogP contribution in [0.25, 0.3) is 0 Å². The molecule has 0 saturated heterocycles. The summed E-state index contributed by atoms with van der Waals surface area (Å²) in [7, 11) is 0. The zero-order chi connectivity index (χ0) is 23.6. The van der Waals surface area contributed by atoms with Crippen molar-refractivity contribution in [2.75, 3.05) is 13.1 Å². The maximum atomic E-state index is 12.7. The highest BCUT2D eigenvalue weighted by Crippen LogP contribution is 2.38. The first-order chi connectivity index (χ1) is 15.2. The van der Waals surface area contributed by atoms with E-state index in [4.69, 9.17) is 4.74 Å². The number of nitrogens with one attached hydrogen (secondary N) is 1. The number of esters is 1. The molecular formula is C28H46N2O2. The predicted molar refractivity (Wildman–Crippen MR) is 136 cm³/mol. The van der Waals surface area contributed by atoms with Crippen LogP contribution in [0, 0.1) is 13.8 Å². The Kier molecular flexibility index (Phi) is 10.7. The van der Waals surface area contributed by atoms with E-state index in [-0.39, 0.29) is 11.4 Å². The number of carbonyl (C=O) groups excluding carboxylic acids is 1. The molecule has 32 heavy (non-hydrogen) atoms. The van der Waals surface area contributed by atoms with Gasteiger partial charge in [0, 0.05) is 24.9 Å². The number of aliphatic imine (C=N–C) groups is 1. The number of hydrogen-bond donors (Lipinski definition) is 1. The highest BCUT2D eigenvalue weighted by molar-refractivity contribution is 5.86. The number of nitrogens with zero attached hydrogens (tertiary/aromatic N) is 1. The number of hydrogen-bond acceptors (Lipinski definition) is 4. The molecule has 0 bridgehead atoms. The van der Waals surface area contributed by atoms with E-state index in [1.54, 1.807) is 0 Å². The summed E-state index contributed by atoms with van der Waals surface area (Å²) in [6, 6.07) is 2.21. The molecule has 1 aliphatic rings. The lowest BCUT2D eigenvalue weighted by Crippen LogP contribution is -2.23. The first kappa shape index (κ1) is 26.4. The Balaban J connectivity index is 1.97. The lowest BCUT2D eigenvalue weighted by molar-refractivity contribution is -0.134. The molecule has 0 aliphatic carbocycles. The minimum atomic E-state index is -0.104. The number of rotatable bonds is 13. The molecule has 0 radical (unpaired) electrons. The highest BCUT2D eigenvalue weighted by atomic mass is 16.5. The Hall–Kier alpha value is -1.84. The van der Waals surface area contributed by atoms with Crippen LogP contribution >= 0.6 is 0 Å². The molecular weight excluding hydrogens is 396 g/mol. The summed E-state index contributed by atoms with van der Waals surface area (Å²) in [5.41, 5.74) is 4.55. The Morgan fingerprint density at radius 3 is 2.22 bits per heavy atom. The summed E-state index contributed by atoms with van der Waals surface area (Å²) < 4.78 is 6.04.